The molecule has 0 spiro atoms. The number of unbranched alkanes of at least 4 members (excludes halogenated alkanes) is 1. The van der Waals surface area contributed by atoms with Crippen molar-refractivity contribution < 1.29 is 4.79 Å². The van der Waals surface area contributed by atoms with Crippen molar-refractivity contribution in [3.63, 3.8) is 0 Å². The predicted molar refractivity (Wildman–Crippen MR) is 77.2 cm³/mol. The first-order chi connectivity index (χ1) is 8.54. The lowest BCUT2D eigenvalue weighted by Gasteiger charge is -2.18. The van der Waals surface area contributed by atoms with Gasteiger partial charge in [0, 0.05) is 24.3 Å². The van der Waals surface area contributed by atoms with Crippen LogP contribution in [0.5, 0.6) is 0 Å². The van der Waals surface area contributed by atoms with Crippen LogP contribution >= 0.6 is 11.6 Å². The zero-order chi connectivity index (χ0) is 13.5. The van der Waals surface area contributed by atoms with Crippen LogP contribution in [0.1, 0.15) is 25.3 Å². The maximum Gasteiger partial charge on any atom is 0.241 e. The Morgan fingerprint density at radius 3 is 2.83 bits per heavy atom. The van der Waals surface area contributed by atoms with E-state index in [2.05, 4.69) is 12.2 Å². The molecule has 0 fully saturated rings. The van der Waals surface area contributed by atoms with Gasteiger partial charge in [0.25, 0.3) is 0 Å². The first-order valence-corrected chi connectivity index (χ1v) is 6.66. The molecule has 4 heteroatoms. The standard InChI is InChI=1S/C14H21ClN2O/c1-4-5-8-17(3)14(18)10-16-13-9-12(15)7-6-11(13)2/h6-7,9,16H,4-5,8,10H2,1-3H3. The summed E-state index contributed by atoms with van der Waals surface area (Å²) in [6.45, 7) is 5.22. The van der Waals surface area contributed by atoms with Crippen molar-refractivity contribution in [3.8, 4) is 0 Å². The molecule has 0 aromatic heterocycles. The molecule has 0 saturated carbocycles. The van der Waals surface area contributed by atoms with Crippen LogP contribution in [0.4, 0.5) is 5.69 Å². The highest BCUT2D eigenvalue weighted by atomic mass is 35.5. The third kappa shape index (κ3) is 4.57. The SMILES string of the molecule is CCCCN(C)C(=O)CNc1cc(Cl)ccc1C. The normalized spacial score (nSPS) is 10.2. The van der Waals surface area contributed by atoms with Crippen LogP contribution in [0.3, 0.4) is 0 Å². The molecule has 3 nitrogen and oxygen atoms in total. The fourth-order valence-corrected chi connectivity index (χ4v) is 1.78. The van der Waals surface area contributed by atoms with Gasteiger partial charge in [-0.3, -0.25) is 4.79 Å². The molecule has 1 N–H and O–H groups in total. The molecule has 100 valence electrons. The highest BCUT2D eigenvalue weighted by Crippen LogP contribution is 2.19. The number of nitrogens with one attached hydrogen (secondary N) is 1. The summed E-state index contributed by atoms with van der Waals surface area (Å²) in [6.07, 6.45) is 2.14. The summed E-state index contributed by atoms with van der Waals surface area (Å²) < 4.78 is 0. The second kappa shape index (κ2) is 7.27. The third-order valence-corrected chi connectivity index (χ3v) is 3.14. The Bertz CT molecular complexity index is 407. The number of likely N-dealkylation sites (N-methyl/N-ethyl adjacent to an activating group) is 1. The van der Waals surface area contributed by atoms with E-state index in [1.54, 1.807) is 4.90 Å². The number of benzene rings is 1. The van der Waals surface area contributed by atoms with Gasteiger partial charge in [0.15, 0.2) is 0 Å². The predicted octanol–water partition coefficient (Wildman–Crippen LogP) is 3.32. The average Bonchev–Trinajstić information content (AvgIpc) is 2.36. The lowest BCUT2D eigenvalue weighted by atomic mass is 10.2. The molecular weight excluding hydrogens is 248 g/mol. The summed E-state index contributed by atoms with van der Waals surface area (Å²) in [4.78, 5) is 13.6. The Labute approximate surface area is 114 Å². The van der Waals surface area contributed by atoms with Gasteiger partial charge in [-0.1, -0.05) is 31.0 Å². The fourth-order valence-electron chi connectivity index (χ4n) is 1.61. The van der Waals surface area contributed by atoms with Gasteiger partial charge in [0.05, 0.1) is 6.54 Å². The number of amides is 1. The summed E-state index contributed by atoms with van der Waals surface area (Å²) in [6, 6.07) is 5.63. The fraction of sp³-hybridized carbons (Fsp3) is 0.500. The van der Waals surface area contributed by atoms with Crippen molar-refractivity contribution in [2.45, 2.75) is 26.7 Å². The summed E-state index contributed by atoms with van der Waals surface area (Å²) >= 11 is 5.93. The maximum absolute atomic E-state index is 11.8. The summed E-state index contributed by atoms with van der Waals surface area (Å²) in [7, 11) is 1.84. The Kier molecular flexibility index (Phi) is 5.99. The minimum Gasteiger partial charge on any atom is -0.376 e. The summed E-state index contributed by atoms with van der Waals surface area (Å²) in [5.74, 6) is 0.0998. The van der Waals surface area contributed by atoms with Crippen LogP contribution in [0.15, 0.2) is 18.2 Å². The van der Waals surface area contributed by atoms with Crippen LogP contribution < -0.4 is 5.32 Å². The van der Waals surface area contributed by atoms with Gasteiger partial charge in [-0.15, -0.1) is 0 Å². The minimum absolute atomic E-state index is 0.0998. The van der Waals surface area contributed by atoms with Crippen molar-refractivity contribution in [2.75, 3.05) is 25.5 Å². The van der Waals surface area contributed by atoms with E-state index in [4.69, 9.17) is 11.6 Å². The molecule has 18 heavy (non-hydrogen) atoms. The molecule has 0 atom stereocenters. The third-order valence-electron chi connectivity index (χ3n) is 2.90. The van der Waals surface area contributed by atoms with Crippen LogP contribution in [-0.2, 0) is 4.79 Å². The molecule has 1 aromatic rings. The minimum atomic E-state index is 0.0998. The number of carbonyl (C=O) groups is 1. The first kappa shape index (κ1) is 14.8. The smallest absolute Gasteiger partial charge is 0.241 e. The van der Waals surface area contributed by atoms with Crippen LogP contribution in [0.25, 0.3) is 0 Å². The number of anilines is 1. The number of hydrogen-bond acceptors (Lipinski definition) is 2. The van der Waals surface area contributed by atoms with E-state index in [-0.39, 0.29) is 5.91 Å². The van der Waals surface area contributed by atoms with Crippen LogP contribution in [0, 0.1) is 6.92 Å². The van der Waals surface area contributed by atoms with Gasteiger partial charge in [0.1, 0.15) is 0 Å². The lowest BCUT2D eigenvalue weighted by molar-refractivity contribution is -0.128. The average molecular weight is 269 g/mol. The maximum atomic E-state index is 11.8. The molecule has 0 unspecified atom stereocenters. The highest BCUT2D eigenvalue weighted by molar-refractivity contribution is 6.30. The second-order valence-corrected chi connectivity index (χ2v) is 4.92. The molecule has 0 bridgehead atoms. The number of halogens is 1. The quantitative estimate of drug-likeness (QED) is 0.858. The van der Waals surface area contributed by atoms with Gasteiger partial charge in [-0.05, 0) is 31.0 Å². The molecular formula is C14H21ClN2O. The van der Waals surface area contributed by atoms with Crippen molar-refractivity contribution in [1.82, 2.24) is 4.90 Å². The Balaban J connectivity index is 2.49. The first-order valence-electron chi connectivity index (χ1n) is 6.28. The zero-order valence-corrected chi connectivity index (χ0v) is 12.0. The van der Waals surface area contributed by atoms with E-state index in [9.17, 15) is 4.79 Å². The molecule has 1 amide bonds. The van der Waals surface area contributed by atoms with E-state index in [0.29, 0.717) is 11.6 Å². The van der Waals surface area contributed by atoms with Crippen molar-refractivity contribution >= 4 is 23.2 Å². The molecule has 0 aliphatic heterocycles. The van der Waals surface area contributed by atoms with Gasteiger partial charge in [-0.25, -0.2) is 0 Å². The van der Waals surface area contributed by atoms with Gasteiger partial charge in [-0.2, -0.15) is 0 Å². The van der Waals surface area contributed by atoms with Crippen molar-refractivity contribution in [3.05, 3.63) is 28.8 Å². The van der Waals surface area contributed by atoms with E-state index < -0.39 is 0 Å². The molecule has 0 aliphatic carbocycles. The lowest BCUT2D eigenvalue weighted by Crippen LogP contribution is -2.33. The Morgan fingerprint density at radius 1 is 1.44 bits per heavy atom. The monoisotopic (exact) mass is 268 g/mol. The van der Waals surface area contributed by atoms with Crippen molar-refractivity contribution in [2.24, 2.45) is 0 Å². The van der Waals surface area contributed by atoms with Gasteiger partial charge in [0.2, 0.25) is 5.91 Å². The molecule has 0 saturated heterocycles. The highest BCUT2D eigenvalue weighted by Gasteiger charge is 2.08. The Hall–Kier alpha value is -1.22. The van der Waals surface area contributed by atoms with Crippen molar-refractivity contribution in [1.29, 1.82) is 0 Å². The number of aryl methyl sites for hydroxylation is 1. The van der Waals surface area contributed by atoms with Crippen LogP contribution in [0.2, 0.25) is 5.02 Å². The molecule has 0 heterocycles. The number of hydrogen-bond donors (Lipinski definition) is 1. The molecule has 0 aliphatic rings. The molecule has 0 radical (unpaired) electrons. The number of carbonyl (C=O) groups excluding carboxylic acids is 1. The van der Waals surface area contributed by atoms with Gasteiger partial charge >= 0.3 is 0 Å². The summed E-state index contributed by atoms with van der Waals surface area (Å²) in [5, 5.41) is 3.81. The number of nitrogens with zero attached hydrogens (tertiary/aromatic N) is 1. The van der Waals surface area contributed by atoms with E-state index in [1.807, 2.05) is 32.2 Å². The Morgan fingerprint density at radius 2 is 2.17 bits per heavy atom. The largest absolute Gasteiger partial charge is 0.376 e. The number of rotatable bonds is 6. The zero-order valence-electron chi connectivity index (χ0n) is 11.3. The van der Waals surface area contributed by atoms with E-state index in [1.165, 1.54) is 0 Å². The second-order valence-electron chi connectivity index (χ2n) is 4.48. The topological polar surface area (TPSA) is 32.3 Å². The summed E-state index contributed by atoms with van der Waals surface area (Å²) in [5.41, 5.74) is 2.00. The van der Waals surface area contributed by atoms with Crippen LogP contribution in [-0.4, -0.2) is 30.9 Å². The van der Waals surface area contributed by atoms with Gasteiger partial charge < -0.3 is 10.2 Å². The molecule has 1 rings (SSSR count). The van der Waals surface area contributed by atoms with E-state index >= 15 is 0 Å². The molecule has 1 aromatic carbocycles. The van der Waals surface area contributed by atoms with E-state index in [0.717, 1.165) is 30.6 Å².